The van der Waals surface area contributed by atoms with Gasteiger partial charge >= 0.3 is 0 Å². The number of methoxy groups -OCH3 is 1. The van der Waals surface area contributed by atoms with Crippen molar-refractivity contribution in [3.8, 4) is 22.1 Å². The Labute approximate surface area is 314 Å². The van der Waals surface area contributed by atoms with Crippen LogP contribution in [0.5, 0.6) is 11.5 Å². The van der Waals surface area contributed by atoms with E-state index in [0.717, 1.165) is 26.1 Å². The second-order valence-corrected chi connectivity index (χ2v) is 16.1. The number of anilines is 2. The first kappa shape index (κ1) is 33.6. The number of para-hydroxylation sites is 1. The first-order valence-electron chi connectivity index (χ1n) is 17.5. The van der Waals surface area contributed by atoms with Crippen LogP contribution in [0, 0.1) is 36.0 Å². The highest BCUT2D eigenvalue weighted by molar-refractivity contribution is 7.22. The third-order valence-electron chi connectivity index (χ3n) is 12.0. The molecular formula is C41H35ClN4O6S. The van der Waals surface area contributed by atoms with E-state index in [1.54, 1.807) is 65.5 Å². The van der Waals surface area contributed by atoms with Gasteiger partial charge in [0.15, 0.2) is 0 Å². The van der Waals surface area contributed by atoms with E-state index in [1.165, 1.54) is 23.0 Å². The molecule has 4 amide bonds. The Morgan fingerprint density at radius 1 is 0.943 bits per heavy atom. The standard InChI is InChI=1S/C41H35ClN4O6S/c1-20-27-16-21(42)10-15-32(27)53-36(20)30-19-33(44(3)43-30)46-38(49)29-18-28-24(35(41(29,2)40(46)51)25-12-11-23(47)17-31(25)52-4)13-14-26-34(28)39(50)45(37(26)48)22-8-6-5-7-9-22/h5-13,15-17,19,26,28-29,34-35,47H,14,18H2,1-4H3. The van der Waals surface area contributed by atoms with Crippen molar-refractivity contribution in [2.75, 3.05) is 16.9 Å². The number of aromatic hydroxyl groups is 1. The molecule has 4 aliphatic rings. The highest BCUT2D eigenvalue weighted by Crippen LogP contribution is 2.64. The van der Waals surface area contributed by atoms with Crippen molar-refractivity contribution in [1.29, 1.82) is 0 Å². The summed E-state index contributed by atoms with van der Waals surface area (Å²) in [6.07, 6.45) is 2.53. The molecule has 6 unspecified atom stereocenters. The average Bonchev–Trinajstić information content (AvgIpc) is 3.82. The Bertz CT molecular complexity index is 2450. The third kappa shape index (κ3) is 4.66. The number of aryl methyl sites for hydroxylation is 2. The van der Waals surface area contributed by atoms with Crippen LogP contribution < -0.4 is 14.5 Å². The monoisotopic (exact) mass is 746 g/mol. The molecule has 268 valence electrons. The molecule has 1 saturated carbocycles. The number of phenols is 1. The molecule has 4 heterocycles. The quantitative estimate of drug-likeness (QED) is 0.147. The maximum Gasteiger partial charge on any atom is 0.242 e. The maximum absolute atomic E-state index is 15.1. The molecule has 9 rings (SSSR count). The van der Waals surface area contributed by atoms with Crippen LogP contribution in [0.15, 0.2) is 84.4 Å². The lowest BCUT2D eigenvalue weighted by Gasteiger charge is -2.49. The molecule has 5 aromatic rings. The van der Waals surface area contributed by atoms with Crippen LogP contribution in [-0.2, 0) is 26.2 Å². The zero-order valence-electron chi connectivity index (χ0n) is 29.4. The number of phenolic OH excluding ortho intramolecular Hbond substituents is 1. The zero-order chi connectivity index (χ0) is 37.1. The summed E-state index contributed by atoms with van der Waals surface area (Å²) in [5, 5.41) is 16.9. The topological polar surface area (TPSA) is 122 Å². The summed E-state index contributed by atoms with van der Waals surface area (Å²) in [6, 6.07) is 21.2. The van der Waals surface area contributed by atoms with Gasteiger partial charge in [0.05, 0.1) is 40.8 Å². The number of halogens is 1. The normalized spacial score (nSPS) is 26.6. The summed E-state index contributed by atoms with van der Waals surface area (Å²) in [6.45, 7) is 3.83. The van der Waals surface area contributed by atoms with Crippen LogP contribution in [0.4, 0.5) is 11.5 Å². The average molecular weight is 747 g/mol. The van der Waals surface area contributed by atoms with Crippen LogP contribution >= 0.6 is 22.9 Å². The molecule has 2 aliphatic carbocycles. The molecule has 2 aliphatic heterocycles. The van der Waals surface area contributed by atoms with Crippen molar-refractivity contribution in [2.24, 2.45) is 36.1 Å². The van der Waals surface area contributed by atoms with Crippen molar-refractivity contribution in [3.05, 3.63) is 101 Å². The molecular weight excluding hydrogens is 712 g/mol. The number of hydrogen-bond acceptors (Lipinski definition) is 8. The number of hydrogen-bond donors (Lipinski definition) is 1. The van der Waals surface area contributed by atoms with Crippen molar-refractivity contribution in [1.82, 2.24) is 9.78 Å². The number of carbonyl (C=O) groups excluding carboxylic acids is 4. The number of thiophene rings is 1. The predicted molar refractivity (Wildman–Crippen MR) is 202 cm³/mol. The van der Waals surface area contributed by atoms with Gasteiger partial charge in [-0.2, -0.15) is 5.10 Å². The lowest BCUT2D eigenvalue weighted by Crippen LogP contribution is -2.49. The highest BCUT2D eigenvalue weighted by Gasteiger charge is 2.68. The fraction of sp³-hybridized carbons (Fsp3) is 0.293. The predicted octanol–water partition coefficient (Wildman–Crippen LogP) is 7.41. The van der Waals surface area contributed by atoms with Gasteiger partial charge in [0.25, 0.3) is 0 Å². The molecule has 1 N–H and O–H groups in total. The SMILES string of the molecule is COc1cc(O)ccc1C1C2=CCC3C(=O)N(c4ccccc4)C(=O)C3C2CC2C(=O)N(c3cc(-c4sc5ccc(Cl)cc5c4C)nn3C)C(=O)C21C. The maximum atomic E-state index is 15.1. The third-order valence-corrected chi connectivity index (χ3v) is 13.6. The first-order chi connectivity index (χ1) is 25.4. The fourth-order valence-electron chi connectivity index (χ4n) is 9.56. The summed E-state index contributed by atoms with van der Waals surface area (Å²) in [7, 11) is 3.22. The summed E-state index contributed by atoms with van der Waals surface area (Å²) in [5.41, 5.74) is 2.30. The van der Waals surface area contributed by atoms with E-state index in [2.05, 4.69) is 0 Å². The Morgan fingerprint density at radius 3 is 2.47 bits per heavy atom. The number of ether oxygens (including phenoxy) is 1. The molecule has 12 heteroatoms. The van der Waals surface area contributed by atoms with E-state index >= 15 is 4.79 Å². The Hall–Kier alpha value is -5.26. The molecule has 2 saturated heterocycles. The molecule has 0 spiro atoms. The molecule has 2 aromatic heterocycles. The number of fused-ring (bicyclic) bond motifs is 5. The second-order valence-electron chi connectivity index (χ2n) is 14.6. The van der Waals surface area contributed by atoms with E-state index in [4.69, 9.17) is 21.4 Å². The number of rotatable bonds is 5. The van der Waals surface area contributed by atoms with Gasteiger partial charge in [0.2, 0.25) is 23.6 Å². The molecule has 53 heavy (non-hydrogen) atoms. The molecule has 10 nitrogen and oxygen atoms in total. The van der Waals surface area contributed by atoms with Crippen LogP contribution in [0.25, 0.3) is 20.7 Å². The number of allylic oxidation sites excluding steroid dienone is 2. The number of benzene rings is 3. The molecule has 6 atom stereocenters. The van der Waals surface area contributed by atoms with Gasteiger partial charge in [-0.3, -0.25) is 28.8 Å². The largest absolute Gasteiger partial charge is 0.508 e. The zero-order valence-corrected chi connectivity index (χ0v) is 30.9. The highest BCUT2D eigenvalue weighted by atomic mass is 35.5. The number of imide groups is 2. The van der Waals surface area contributed by atoms with Crippen LogP contribution in [-0.4, -0.2) is 45.6 Å². The smallest absolute Gasteiger partial charge is 0.242 e. The van der Waals surface area contributed by atoms with Gasteiger partial charge in [0.1, 0.15) is 23.0 Å². The van der Waals surface area contributed by atoms with Crippen molar-refractivity contribution < 1.29 is 29.0 Å². The molecule has 3 aromatic carbocycles. The Balaban J connectivity index is 1.17. The number of aromatic nitrogens is 2. The lowest BCUT2D eigenvalue weighted by atomic mass is 9.51. The van der Waals surface area contributed by atoms with Gasteiger partial charge in [0, 0.05) is 40.4 Å². The number of amides is 4. The van der Waals surface area contributed by atoms with Gasteiger partial charge < -0.3 is 9.84 Å². The van der Waals surface area contributed by atoms with Crippen molar-refractivity contribution in [3.63, 3.8) is 0 Å². The van der Waals surface area contributed by atoms with Crippen LogP contribution in [0.2, 0.25) is 5.02 Å². The molecule has 0 radical (unpaired) electrons. The van der Waals surface area contributed by atoms with E-state index in [1.807, 2.05) is 44.2 Å². The van der Waals surface area contributed by atoms with Crippen LogP contribution in [0.1, 0.15) is 36.8 Å². The van der Waals surface area contributed by atoms with Crippen molar-refractivity contribution >= 4 is 68.2 Å². The summed E-state index contributed by atoms with van der Waals surface area (Å²) < 4.78 is 8.41. The second kappa shape index (κ2) is 11.9. The van der Waals surface area contributed by atoms with E-state index in [0.29, 0.717) is 40.0 Å². The first-order valence-corrected chi connectivity index (χ1v) is 18.7. The Kier molecular flexibility index (Phi) is 7.52. The van der Waals surface area contributed by atoms with E-state index in [-0.39, 0.29) is 35.8 Å². The van der Waals surface area contributed by atoms with Crippen molar-refractivity contribution in [2.45, 2.75) is 32.6 Å². The van der Waals surface area contributed by atoms with Gasteiger partial charge in [-0.1, -0.05) is 47.5 Å². The lowest BCUT2D eigenvalue weighted by molar-refractivity contribution is -0.131. The molecule has 3 fully saturated rings. The Morgan fingerprint density at radius 2 is 1.72 bits per heavy atom. The minimum atomic E-state index is -1.30. The molecule has 0 bridgehead atoms. The van der Waals surface area contributed by atoms with Crippen LogP contribution in [0.3, 0.4) is 0 Å². The minimum Gasteiger partial charge on any atom is -0.508 e. The van der Waals surface area contributed by atoms with Gasteiger partial charge in [-0.25, -0.2) is 4.90 Å². The minimum absolute atomic E-state index is 0.0101. The summed E-state index contributed by atoms with van der Waals surface area (Å²) in [5.74, 6) is -3.95. The van der Waals surface area contributed by atoms with E-state index in [9.17, 15) is 19.5 Å². The summed E-state index contributed by atoms with van der Waals surface area (Å²) >= 11 is 7.88. The number of nitrogens with zero attached hydrogens (tertiary/aromatic N) is 4. The summed E-state index contributed by atoms with van der Waals surface area (Å²) in [4.78, 5) is 61.7. The van der Waals surface area contributed by atoms with E-state index < -0.39 is 35.0 Å². The fourth-order valence-corrected chi connectivity index (χ4v) is 10.9. The van der Waals surface area contributed by atoms with Gasteiger partial charge in [-0.05, 0) is 80.0 Å². The number of carbonyl (C=O) groups is 4. The van der Waals surface area contributed by atoms with Gasteiger partial charge in [-0.15, -0.1) is 11.3 Å².